The molecule has 13 aromatic rings. The van der Waals surface area contributed by atoms with Gasteiger partial charge in [0.2, 0.25) is 0 Å². The van der Waals surface area contributed by atoms with Crippen molar-refractivity contribution in [2.45, 2.75) is 130 Å². The maximum atomic E-state index is 7.06. The van der Waals surface area contributed by atoms with E-state index in [2.05, 4.69) is 301 Å². The Labute approximate surface area is 506 Å². The third-order valence-corrected chi connectivity index (χ3v) is 19.6. The molecule has 2 heterocycles. The summed E-state index contributed by atoms with van der Waals surface area (Å²) in [5.74, 6) is 0.851. The molecule has 11 aromatic carbocycles. The predicted octanol–water partition coefficient (Wildman–Crippen LogP) is 24.2. The van der Waals surface area contributed by atoms with Gasteiger partial charge in [0.15, 0.2) is 11.2 Å². The molecule has 0 unspecified atom stereocenters. The Bertz CT molecular complexity index is 4640. The molecule has 0 atom stereocenters. The minimum absolute atomic E-state index is 0.0780. The van der Waals surface area contributed by atoms with Crippen LogP contribution in [0, 0.1) is 0 Å². The zero-order valence-corrected chi connectivity index (χ0v) is 52.3. The van der Waals surface area contributed by atoms with Crippen molar-refractivity contribution in [3.63, 3.8) is 0 Å². The summed E-state index contributed by atoms with van der Waals surface area (Å²) < 4.78 is 14.1. The van der Waals surface area contributed by atoms with Crippen LogP contribution in [0.15, 0.2) is 203 Å². The van der Waals surface area contributed by atoms with Gasteiger partial charge in [-0.05, 0) is 197 Å². The van der Waals surface area contributed by atoms with Gasteiger partial charge in [-0.15, -0.1) is 0 Å². The second kappa shape index (κ2) is 18.8. The van der Waals surface area contributed by atoms with E-state index in [0.717, 1.165) is 78.0 Å². The Hall–Kier alpha value is -8.86. The monoisotopic (exact) mass is 1120 g/mol. The number of anilines is 6. The highest BCUT2D eigenvalue weighted by atomic mass is 16.3. The fraction of sp³-hybridized carbons (Fsp3) is 0.244. The van der Waals surface area contributed by atoms with Gasteiger partial charge in [-0.25, -0.2) is 0 Å². The van der Waals surface area contributed by atoms with E-state index in [9.17, 15) is 0 Å². The van der Waals surface area contributed by atoms with Crippen molar-refractivity contribution in [1.82, 2.24) is 0 Å². The van der Waals surface area contributed by atoms with Gasteiger partial charge in [0, 0.05) is 66.3 Å². The summed E-state index contributed by atoms with van der Waals surface area (Å²) >= 11 is 0. The highest BCUT2D eigenvalue weighted by Gasteiger charge is 2.42. The average molecular weight is 1120 g/mol. The number of fused-ring (bicyclic) bond motifs is 14. The van der Waals surface area contributed by atoms with E-state index in [1.54, 1.807) is 0 Å². The van der Waals surface area contributed by atoms with E-state index < -0.39 is 0 Å². The van der Waals surface area contributed by atoms with Crippen LogP contribution in [0.1, 0.15) is 153 Å². The van der Waals surface area contributed by atoms with Gasteiger partial charge < -0.3 is 18.6 Å². The van der Waals surface area contributed by atoms with Crippen molar-refractivity contribution in [2.75, 3.05) is 9.80 Å². The lowest BCUT2D eigenvalue weighted by atomic mass is 9.79. The first kappa shape index (κ1) is 53.8. The Morgan fingerprint density at radius 1 is 0.326 bits per heavy atom. The Morgan fingerprint density at radius 3 is 1.01 bits per heavy atom. The first-order valence-electron chi connectivity index (χ1n) is 31.1. The molecule has 0 N–H and O–H groups in total. The summed E-state index contributed by atoms with van der Waals surface area (Å²) in [4.78, 5) is 4.80. The van der Waals surface area contributed by atoms with Crippen molar-refractivity contribution in [3.8, 4) is 22.3 Å². The van der Waals surface area contributed by atoms with Gasteiger partial charge in [0.25, 0.3) is 0 Å². The summed E-state index contributed by atoms with van der Waals surface area (Å²) in [5, 5.41) is 9.44. The molecule has 4 heteroatoms. The maximum absolute atomic E-state index is 7.06. The van der Waals surface area contributed by atoms with Crippen LogP contribution >= 0.6 is 0 Å². The quantitative estimate of drug-likeness (QED) is 0.152. The molecule has 426 valence electrons. The second-order valence-corrected chi connectivity index (χ2v) is 28.6. The number of hydrogen-bond acceptors (Lipinski definition) is 4. The van der Waals surface area contributed by atoms with E-state index in [1.165, 1.54) is 88.3 Å². The van der Waals surface area contributed by atoms with Gasteiger partial charge in [0.05, 0.1) is 11.4 Å². The molecule has 86 heavy (non-hydrogen) atoms. The van der Waals surface area contributed by atoms with Crippen LogP contribution in [-0.2, 0) is 21.7 Å². The molecular weight excluding hydrogens is 1040 g/mol. The number of para-hydroxylation sites is 4. The highest BCUT2D eigenvalue weighted by Crippen LogP contribution is 2.58. The van der Waals surface area contributed by atoms with Crippen molar-refractivity contribution in [3.05, 3.63) is 239 Å². The van der Waals surface area contributed by atoms with Crippen LogP contribution in [0.25, 0.3) is 87.7 Å². The second-order valence-electron chi connectivity index (χ2n) is 28.6. The van der Waals surface area contributed by atoms with E-state index in [1.807, 2.05) is 0 Å². The minimum atomic E-state index is -0.243. The van der Waals surface area contributed by atoms with Crippen LogP contribution in [0.2, 0.25) is 0 Å². The summed E-state index contributed by atoms with van der Waals surface area (Å²) in [5.41, 5.74) is 25.4. The van der Waals surface area contributed by atoms with Crippen molar-refractivity contribution in [1.29, 1.82) is 0 Å². The van der Waals surface area contributed by atoms with Gasteiger partial charge in [0.1, 0.15) is 11.2 Å². The fourth-order valence-corrected chi connectivity index (χ4v) is 14.7. The zero-order valence-electron chi connectivity index (χ0n) is 52.3. The average Bonchev–Trinajstić information content (AvgIpc) is 1.75. The molecule has 0 radical (unpaired) electrons. The SMILES string of the molecule is CC(C)c1ccc(N(c2ccc3cc4c(cc3c2)C(C)(C)c2cc3c(cc2-4)C(C)(C)c2cc4cc(N(c5ccc(C(C)C)cc5)c5cccc6c5oc5c(C(C)(C)C)cccc56)ccc4cc2-3)c2cccc3c2oc2c(C(C)(C)C)cccc23)cc1. The number of benzene rings is 11. The molecule has 0 amide bonds. The number of rotatable bonds is 8. The van der Waals surface area contributed by atoms with E-state index in [4.69, 9.17) is 8.83 Å². The molecule has 2 aromatic heterocycles. The number of hydrogen-bond donors (Lipinski definition) is 0. The summed E-state index contributed by atoms with van der Waals surface area (Å²) in [7, 11) is 0. The predicted molar refractivity (Wildman–Crippen MR) is 366 cm³/mol. The van der Waals surface area contributed by atoms with Crippen molar-refractivity contribution >= 4 is 99.5 Å². The molecule has 0 saturated carbocycles. The van der Waals surface area contributed by atoms with E-state index in [-0.39, 0.29) is 21.7 Å². The molecule has 2 aliphatic carbocycles. The smallest absolute Gasteiger partial charge is 0.159 e. The van der Waals surface area contributed by atoms with Crippen LogP contribution in [0.3, 0.4) is 0 Å². The molecule has 0 spiro atoms. The summed E-state index contributed by atoms with van der Waals surface area (Å²) in [6.07, 6.45) is 0. The van der Waals surface area contributed by atoms with Gasteiger partial charge in [-0.3, -0.25) is 0 Å². The number of nitrogens with zero attached hydrogens (tertiary/aromatic N) is 2. The molecular formula is C82H76N2O2. The fourth-order valence-electron chi connectivity index (χ4n) is 14.7. The normalized spacial score (nSPS) is 14.3. The van der Waals surface area contributed by atoms with E-state index in [0.29, 0.717) is 11.8 Å². The van der Waals surface area contributed by atoms with Crippen molar-refractivity contribution in [2.24, 2.45) is 0 Å². The van der Waals surface area contributed by atoms with Crippen LogP contribution < -0.4 is 9.80 Å². The summed E-state index contributed by atoms with van der Waals surface area (Å²) in [6.45, 7) is 32.3. The minimum Gasteiger partial charge on any atom is -0.454 e. The molecule has 0 saturated heterocycles. The lowest BCUT2D eigenvalue weighted by Crippen LogP contribution is -2.17. The Morgan fingerprint density at radius 2 is 0.651 bits per heavy atom. The maximum Gasteiger partial charge on any atom is 0.159 e. The Kier molecular flexibility index (Phi) is 11.8. The standard InChI is InChI=1S/C82H76N2O2/c1-47(2)49-27-33-55(34-28-49)83(73-25-17-21-61-59-19-15-23-67(79(5,6)7)75(59)85-77(61)73)57-37-31-51-41-63-65-45-72-66(46-71(65)81(11,12)69(63)43-53(51)39-57)64-42-52-32-38-58(40-54(52)44-70(64)82(72,13)14)84(56-35-29-50(30-36-56)48(3)4)74-26-18-22-62-60-20-16-24-68(80(8,9)10)76(60)86-78(62)74/h15-48H,1-14H3. The molecule has 2 aliphatic rings. The third-order valence-electron chi connectivity index (χ3n) is 19.6. The molecule has 4 nitrogen and oxygen atoms in total. The zero-order chi connectivity index (χ0) is 59.7. The Balaban J connectivity index is 0.825. The first-order valence-corrected chi connectivity index (χ1v) is 31.1. The largest absolute Gasteiger partial charge is 0.454 e. The molecule has 0 fully saturated rings. The van der Waals surface area contributed by atoms with Crippen LogP contribution in [0.4, 0.5) is 34.1 Å². The van der Waals surface area contributed by atoms with Gasteiger partial charge in [-0.1, -0.05) is 194 Å². The molecule has 0 bridgehead atoms. The van der Waals surface area contributed by atoms with Crippen LogP contribution in [-0.4, -0.2) is 0 Å². The number of furan rings is 2. The van der Waals surface area contributed by atoms with Crippen LogP contribution in [0.5, 0.6) is 0 Å². The summed E-state index contributed by atoms with van der Waals surface area (Å²) in [6, 6.07) is 73.7. The van der Waals surface area contributed by atoms with Gasteiger partial charge >= 0.3 is 0 Å². The van der Waals surface area contributed by atoms with E-state index >= 15 is 0 Å². The molecule has 0 aliphatic heterocycles. The lowest BCUT2D eigenvalue weighted by Gasteiger charge is -2.27. The highest BCUT2D eigenvalue weighted by molar-refractivity contribution is 6.13. The first-order chi connectivity index (χ1) is 41.0. The third kappa shape index (κ3) is 8.15. The van der Waals surface area contributed by atoms with Crippen molar-refractivity contribution < 1.29 is 8.83 Å². The molecule has 15 rings (SSSR count). The lowest BCUT2D eigenvalue weighted by molar-refractivity contribution is 0.572. The van der Waals surface area contributed by atoms with Gasteiger partial charge in [-0.2, -0.15) is 0 Å². The topological polar surface area (TPSA) is 32.8 Å².